The number of hydrogen-bond acceptors (Lipinski definition) is 3. The first-order chi connectivity index (χ1) is 8.85. The van der Waals surface area contributed by atoms with Gasteiger partial charge in [-0.25, -0.2) is 0 Å². The Bertz CT molecular complexity index is 367. The van der Waals surface area contributed by atoms with Crippen LogP contribution in [0.15, 0.2) is 18.2 Å². The minimum atomic E-state index is 0.591. The third kappa shape index (κ3) is 3.29. The summed E-state index contributed by atoms with van der Waals surface area (Å²) in [6.45, 7) is 3.48. The van der Waals surface area contributed by atoms with Gasteiger partial charge in [-0.1, -0.05) is 18.9 Å². The van der Waals surface area contributed by atoms with Crippen LogP contribution in [0, 0.1) is 0 Å². The zero-order valence-electron chi connectivity index (χ0n) is 10.9. The fourth-order valence-electron chi connectivity index (χ4n) is 2.58. The van der Waals surface area contributed by atoms with E-state index in [1.807, 2.05) is 25.1 Å². The summed E-state index contributed by atoms with van der Waals surface area (Å²) in [5.74, 6) is 2.33. The molecular weight excluding hydrogens is 248 g/mol. The van der Waals surface area contributed by atoms with Gasteiger partial charge in [-0.05, 0) is 25.8 Å². The van der Waals surface area contributed by atoms with Crippen molar-refractivity contribution in [2.75, 3.05) is 23.9 Å². The van der Waals surface area contributed by atoms with Crippen molar-refractivity contribution < 1.29 is 4.74 Å². The van der Waals surface area contributed by atoms with E-state index in [-0.39, 0.29) is 0 Å². The van der Waals surface area contributed by atoms with Gasteiger partial charge in [0.05, 0.1) is 6.61 Å². The number of alkyl halides is 1. The van der Waals surface area contributed by atoms with Crippen molar-refractivity contribution in [3.05, 3.63) is 18.2 Å². The second-order valence-corrected chi connectivity index (χ2v) is 4.97. The van der Waals surface area contributed by atoms with Gasteiger partial charge < -0.3 is 9.64 Å². The van der Waals surface area contributed by atoms with Crippen LogP contribution in [-0.4, -0.2) is 30.1 Å². The lowest BCUT2D eigenvalue weighted by Crippen LogP contribution is -2.35. The molecule has 0 radical (unpaired) electrons. The highest BCUT2D eigenvalue weighted by molar-refractivity contribution is 6.18. The summed E-state index contributed by atoms with van der Waals surface area (Å²) < 4.78 is 5.47. The van der Waals surface area contributed by atoms with E-state index >= 15 is 0 Å². The number of ether oxygens (including phenoxy) is 1. The van der Waals surface area contributed by atoms with Gasteiger partial charge in [-0.2, -0.15) is 4.98 Å². The first kappa shape index (κ1) is 13.5. The highest BCUT2D eigenvalue weighted by Crippen LogP contribution is 2.28. The fraction of sp³-hybridized carbons (Fsp3) is 0.643. The van der Waals surface area contributed by atoms with Crippen LogP contribution in [-0.2, 0) is 0 Å². The van der Waals surface area contributed by atoms with Crippen molar-refractivity contribution in [3.8, 4) is 5.88 Å². The molecule has 1 fully saturated rings. The average Bonchev–Trinajstić information content (AvgIpc) is 2.90. The molecule has 3 nitrogen and oxygen atoms in total. The van der Waals surface area contributed by atoms with Gasteiger partial charge >= 0.3 is 0 Å². The quantitative estimate of drug-likeness (QED) is 0.739. The monoisotopic (exact) mass is 268 g/mol. The molecule has 1 saturated carbocycles. The minimum Gasteiger partial charge on any atom is -0.478 e. The lowest BCUT2D eigenvalue weighted by Gasteiger charge is -2.29. The van der Waals surface area contributed by atoms with E-state index in [0.717, 1.165) is 12.4 Å². The number of pyridine rings is 1. The maximum Gasteiger partial charge on any atom is 0.215 e. The minimum absolute atomic E-state index is 0.591. The molecule has 4 heteroatoms. The Morgan fingerprint density at radius 1 is 1.39 bits per heavy atom. The van der Waals surface area contributed by atoms with Gasteiger partial charge in [-0.3, -0.25) is 0 Å². The molecule has 0 spiro atoms. The molecule has 1 aromatic rings. The van der Waals surface area contributed by atoms with E-state index in [9.17, 15) is 0 Å². The van der Waals surface area contributed by atoms with Crippen molar-refractivity contribution in [1.82, 2.24) is 4.98 Å². The summed E-state index contributed by atoms with van der Waals surface area (Å²) in [6.07, 6.45) is 5.12. The van der Waals surface area contributed by atoms with Crippen LogP contribution < -0.4 is 9.64 Å². The molecule has 0 N–H and O–H groups in total. The molecule has 0 aliphatic heterocycles. The third-order valence-corrected chi connectivity index (χ3v) is 3.56. The third-order valence-electron chi connectivity index (χ3n) is 3.39. The summed E-state index contributed by atoms with van der Waals surface area (Å²) in [6, 6.07) is 6.55. The van der Waals surface area contributed by atoms with Gasteiger partial charge in [0.1, 0.15) is 5.82 Å². The van der Waals surface area contributed by atoms with Crippen LogP contribution in [0.2, 0.25) is 0 Å². The summed E-state index contributed by atoms with van der Waals surface area (Å²) in [7, 11) is 0. The van der Waals surface area contributed by atoms with Crippen LogP contribution >= 0.6 is 11.6 Å². The first-order valence-corrected chi connectivity index (χ1v) is 7.31. The Labute approximate surface area is 114 Å². The number of halogens is 1. The maximum absolute atomic E-state index is 5.92. The van der Waals surface area contributed by atoms with Crippen molar-refractivity contribution in [2.24, 2.45) is 0 Å². The van der Waals surface area contributed by atoms with E-state index in [1.165, 1.54) is 25.7 Å². The predicted molar refractivity (Wildman–Crippen MR) is 75.7 cm³/mol. The first-order valence-electron chi connectivity index (χ1n) is 6.77. The number of aromatic nitrogens is 1. The Balaban J connectivity index is 2.15. The van der Waals surface area contributed by atoms with Crippen molar-refractivity contribution >= 4 is 17.4 Å². The van der Waals surface area contributed by atoms with Crippen LogP contribution in [0.3, 0.4) is 0 Å². The summed E-state index contributed by atoms with van der Waals surface area (Å²) >= 11 is 5.92. The summed E-state index contributed by atoms with van der Waals surface area (Å²) in [5, 5.41) is 0. The predicted octanol–water partition coefficient (Wildman–Crippen LogP) is 3.47. The summed E-state index contributed by atoms with van der Waals surface area (Å²) in [5.41, 5.74) is 0. The van der Waals surface area contributed by atoms with E-state index in [2.05, 4.69) is 9.88 Å². The standard InChI is InChI=1S/C14H21ClN2O/c1-2-18-14-9-5-8-13(16-14)17(11-10-15)12-6-3-4-7-12/h5,8-9,12H,2-4,6-7,10-11H2,1H3. The van der Waals surface area contributed by atoms with E-state index < -0.39 is 0 Å². The maximum atomic E-state index is 5.92. The van der Waals surface area contributed by atoms with Gasteiger partial charge in [-0.15, -0.1) is 11.6 Å². The van der Waals surface area contributed by atoms with E-state index in [0.29, 0.717) is 24.4 Å². The lowest BCUT2D eigenvalue weighted by atomic mass is 10.2. The van der Waals surface area contributed by atoms with Crippen LogP contribution in [0.5, 0.6) is 5.88 Å². The van der Waals surface area contributed by atoms with E-state index in [4.69, 9.17) is 16.3 Å². The van der Waals surface area contributed by atoms with Crippen LogP contribution in [0.1, 0.15) is 32.6 Å². The number of anilines is 1. The van der Waals surface area contributed by atoms with Crippen molar-refractivity contribution in [1.29, 1.82) is 0 Å². The molecule has 1 aromatic heterocycles. The zero-order chi connectivity index (χ0) is 12.8. The Hall–Kier alpha value is -0.960. The molecule has 1 heterocycles. The molecule has 0 aromatic carbocycles. The SMILES string of the molecule is CCOc1cccc(N(CCCl)C2CCCC2)n1. The number of rotatable bonds is 6. The highest BCUT2D eigenvalue weighted by Gasteiger charge is 2.23. The Kier molecular flexibility index (Phi) is 5.12. The van der Waals surface area contributed by atoms with Crippen molar-refractivity contribution in [2.45, 2.75) is 38.6 Å². The Morgan fingerprint density at radius 3 is 2.83 bits per heavy atom. The highest BCUT2D eigenvalue weighted by atomic mass is 35.5. The second-order valence-electron chi connectivity index (χ2n) is 4.59. The number of hydrogen-bond donors (Lipinski definition) is 0. The zero-order valence-corrected chi connectivity index (χ0v) is 11.7. The topological polar surface area (TPSA) is 25.4 Å². The molecule has 0 atom stereocenters. The second kappa shape index (κ2) is 6.83. The molecule has 2 rings (SSSR count). The van der Waals surface area contributed by atoms with Crippen LogP contribution in [0.25, 0.3) is 0 Å². The largest absolute Gasteiger partial charge is 0.478 e. The smallest absolute Gasteiger partial charge is 0.215 e. The fourth-order valence-corrected chi connectivity index (χ4v) is 2.77. The van der Waals surface area contributed by atoms with Crippen molar-refractivity contribution in [3.63, 3.8) is 0 Å². The molecule has 100 valence electrons. The van der Waals surface area contributed by atoms with E-state index in [1.54, 1.807) is 0 Å². The molecule has 0 bridgehead atoms. The normalized spacial score (nSPS) is 15.9. The molecule has 1 aliphatic rings. The lowest BCUT2D eigenvalue weighted by molar-refractivity contribution is 0.326. The summed E-state index contributed by atoms with van der Waals surface area (Å²) in [4.78, 5) is 6.91. The number of nitrogens with zero attached hydrogens (tertiary/aromatic N) is 2. The molecule has 0 amide bonds. The van der Waals surface area contributed by atoms with Gasteiger partial charge in [0.15, 0.2) is 0 Å². The Morgan fingerprint density at radius 2 is 2.17 bits per heavy atom. The molecule has 0 saturated heterocycles. The van der Waals surface area contributed by atoms with Gasteiger partial charge in [0.25, 0.3) is 0 Å². The molecule has 0 unspecified atom stereocenters. The molecular formula is C14H21ClN2O. The van der Waals surface area contributed by atoms with Gasteiger partial charge in [0, 0.05) is 24.5 Å². The van der Waals surface area contributed by atoms with Gasteiger partial charge in [0.2, 0.25) is 5.88 Å². The molecule has 18 heavy (non-hydrogen) atoms. The van der Waals surface area contributed by atoms with Crippen LogP contribution in [0.4, 0.5) is 5.82 Å². The molecule has 1 aliphatic carbocycles. The average molecular weight is 269 g/mol.